The van der Waals surface area contributed by atoms with Crippen molar-refractivity contribution in [1.29, 1.82) is 0 Å². The molecule has 1 fully saturated rings. The lowest BCUT2D eigenvalue weighted by Crippen LogP contribution is -2.43. The van der Waals surface area contributed by atoms with Crippen LogP contribution in [0.5, 0.6) is 5.75 Å². The largest absolute Gasteiger partial charge is 0.490 e. The van der Waals surface area contributed by atoms with Gasteiger partial charge in [0, 0.05) is 42.7 Å². The van der Waals surface area contributed by atoms with Crippen LogP contribution in [0.15, 0.2) is 45.6 Å². The van der Waals surface area contributed by atoms with Gasteiger partial charge in [0.15, 0.2) is 0 Å². The molecule has 0 spiro atoms. The number of nitrogens with one attached hydrogen (secondary N) is 1. The molecule has 2 amide bonds. The number of hydrogen-bond acceptors (Lipinski definition) is 4. The standard InChI is InChI=1S/C18H19ClN2O4/c1-12-9-16(11-17(22)24-12)25-15-5-7-21(8-6-15)18(23)20-14-4-2-3-13(19)10-14/h2-4,9-11,15H,5-8H2,1H3,(H,20,23). The van der Waals surface area contributed by atoms with E-state index in [1.807, 2.05) is 0 Å². The molecule has 25 heavy (non-hydrogen) atoms. The van der Waals surface area contributed by atoms with Crippen LogP contribution in [0.2, 0.25) is 5.02 Å². The zero-order valence-electron chi connectivity index (χ0n) is 13.8. The quantitative estimate of drug-likeness (QED) is 0.904. The topological polar surface area (TPSA) is 71.8 Å². The first-order chi connectivity index (χ1) is 12.0. The zero-order valence-corrected chi connectivity index (χ0v) is 14.6. The predicted molar refractivity (Wildman–Crippen MR) is 95.4 cm³/mol. The van der Waals surface area contributed by atoms with Gasteiger partial charge in [-0.2, -0.15) is 0 Å². The van der Waals surface area contributed by atoms with Crippen molar-refractivity contribution in [3.05, 3.63) is 57.6 Å². The third-order valence-electron chi connectivity index (χ3n) is 3.98. The first kappa shape index (κ1) is 17.4. The fourth-order valence-corrected chi connectivity index (χ4v) is 2.97. The molecule has 0 bridgehead atoms. The molecule has 0 atom stereocenters. The van der Waals surface area contributed by atoms with Crippen molar-refractivity contribution in [2.24, 2.45) is 0 Å². The number of ether oxygens (including phenoxy) is 1. The molecule has 1 aliphatic heterocycles. The van der Waals surface area contributed by atoms with Gasteiger partial charge in [-0.1, -0.05) is 17.7 Å². The molecule has 3 rings (SSSR count). The smallest absolute Gasteiger partial charge is 0.339 e. The Morgan fingerprint density at radius 1 is 1.28 bits per heavy atom. The molecule has 7 heteroatoms. The molecule has 1 saturated heterocycles. The Hall–Kier alpha value is -2.47. The molecule has 6 nitrogen and oxygen atoms in total. The summed E-state index contributed by atoms with van der Waals surface area (Å²) in [7, 11) is 0. The second-order valence-electron chi connectivity index (χ2n) is 5.97. The molecular formula is C18H19ClN2O4. The van der Waals surface area contributed by atoms with Crippen LogP contribution in [-0.4, -0.2) is 30.1 Å². The highest BCUT2D eigenvalue weighted by Crippen LogP contribution is 2.20. The Balaban J connectivity index is 1.52. The molecule has 1 N–H and O–H groups in total. The average molecular weight is 363 g/mol. The number of hydrogen-bond donors (Lipinski definition) is 1. The lowest BCUT2D eigenvalue weighted by molar-refractivity contribution is 0.115. The number of anilines is 1. The number of likely N-dealkylation sites (tertiary alicyclic amines) is 1. The average Bonchev–Trinajstić information content (AvgIpc) is 2.54. The molecule has 1 aromatic heterocycles. The SMILES string of the molecule is Cc1cc(OC2CCN(C(=O)Nc3cccc(Cl)c3)CC2)cc(=O)o1. The van der Waals surface area contributed by atoms with Crippen molar-refractivity contribution < 1.29 is 13.9 Å². The van der Waals surface area contributed by atoms with E-state index in [9.17, 15) is 9.59 Å². The number of amides is 2. The van der Waals surface area contributed by atoms with Crippen molar-refractivity contribution in [1.82, 2.24) is 4.90 Å². The van der Waals surface area contributed by atoms with E-state index in [-0.39, 0.29) is 12.1 Å². The summed E-state index contributed by atoms with van der Waals surface area (Å²) in [4.78, 5) is 25.4. The van der Waals surface area contributed by atoms with E-state index < -0.39 is 5.63 Å². The normalized spacial score (nSPS) is 15.0. The minimum absolute atomic E-state index is 0.0311. The van der Waals surface area contributed by atoms with Crippen molar-refractivity contribution in [2.75, 3.05) is 18.4 Å². The van der Waals surface area contributed by atoms with E-state index in [2.05, 4.69) is 5.32 Å². The van der Waals surface area contributed by atoms with E-state index in [1.54, 1.807) is 42.2 Å². The predicted octanol–water partition coefficient (Wildman–Crippen LogP) is 3.68. The minimum atomic E-state index is -0.423. The molecule has 0 unspecified atom stereocenters. The number of aryl methyl sites for hydroxylation is 1. The van der Waals surface area contributed by atoms with Crippen LogP contribution in [0.4, 0.5) is 10.5 Å². The summed E-state index contributed by atoms with van der Waals surface area (Å²) in [6.45, 7) is 2.87. The number of halogens is 1. The Morgan fingerprint density at radius 3 is 2.72 bits per heavy atom. The van der Waals surface area contributed by atoms with Crippen LogP contribution >= 0.6 is 11.6 Å². The third kappa shape index (κ3) is 4.76. The van der Waals surface area contributed by atoms with Crippen molar-refractivity contribution in [3.8, 4) is 5.75 Å². The minimum Gasteiger partial charge on any atom is -0.490 e. The summed E-state index contributed by atoms with van der Waals surface area (Å²) in [5.74, 6) is 1.02. The maximum absolute atomic E-state index is 12.3. The molecule has 0 saturated carbocycles. The summed E-state index contributed by atoms with van der Waals surface area (Å²) >= 11 is 5.92. The lowest BCUT2D eigenvalue weighted by Gasteiger charge is -2.32. The monoisotopic (exact) mass is 362 g/mol. The third-order valence-corrected chi connectivity index (χ3v) is 4.21. The second kappa shape index (κ2) is 7.61. The van der Waals surface area contributed by atoms with Gasteiger partial charge >= 0.3 is 11.7 Å². The molecule has 2 aromatic rings. The highest BCUT2D eigenvalue weighted by molar-refractivity contribution is 6.30. The van der Waals surface area contributed by atoms with E-state index in [0.717, 1.165) is 0 Å². The lowest BCUT2D eigenvalue weighted by atomic mass is 10.1. The summed E-state index contributed by atoms with van der Waals surface area (Å²) in [5, 5.41) is 3.42. The highest BCUT2D eigenvalue weighted by Gasteiger charge is 2.24. The van der Waals surface area contributed by atoms with Crippen molar-refractivity contribution in [3.63, 3.8) is 0 Å². The van der Waals surface area contributed by atoms with Crippen LogP contribution < -0.4 is 15.7 Å². The summed E-state index contributed by atoms with van der Waals surface area (Å²) in [6, 6.07) is 9.92. The van der Waals surface area contributed by atoms with Gasteiger partial charge in [0.1, 0.15) is 17.6 Å². The maximum atomic E-state index is 12.3. The van der Waals surface area contributed by atoms with E-state index in [4.69, 9.17) is 20.8 Å². The molecule has 1 aliphatic rings. The molecular weight excluding hydrogens is 344 g/mol. The zero-order chi connectivity index (χ0) is 17.8. The van der Waals surface area contributed by atoms with E-state index >= 15 is 0 Å². The van der Waals surface area contributed by atoms with Crippen molar-refractivity contribution >= 4 is 23.3 Å². The van der Waals surface area contributed by atoms with Crippen LogP contribution in [0.1, 0.15) is 18.6 Å². The fourth-order valence-electron chi connectivity index (χ4n) is 2.78. The van der Waals surface area contributed by atoms with Gasteiger partial charge in [-0.3, -0.25) is 0 Å². The number of carbonyl (C=O) groups is 1. The molecule has 1 aromatic carbocycles. The summed E-state index contributed by atoms with van der Waals surface area (Å²) in [6.07, 6.45) is 1.36. The fraction of sp³-hybridized carbons (Fsp3) is 0.333. The summed E-state index contributed by atoms with van der Waals surface area (Å²) < 4.78 is 10.8. The number of rotatable bonds is 3. The second-order valence-corrected chi connectivity index (χ2v) is 6.40. The molecule has 2 heterocycles. The first-order valence-corrected chi connectivity index (χ1v) is 8.47. The van der Waals surface area contributed by atoms with Gasteiger partial charge in [0.25, 0.3) is 0 Å². The van der Waals surface area contributed by atoms with Gasteiger partial charge in [-0.25, -0.2) is 9.59 Å². The Labute approximate surface area is 150 Å². The number of carbonyl (C=O) groups excluding carboxylic acids is 1. The van der Waals surface area contributed by atoms with Crippen LogP contribution in [0.25, 0.3) is 0 Å². The van der Waals surface area contributed by atoms with Gasteiger partial charge in [-0.05, 0) is 25.1 Å². The first-order valence-electron chi connectivity index (χ1n) is 8.09. The molecule has 0 radical (unpaired) electrons. The molecule has 0 aliphatic carbocycles. The van der Waals surface area contributed by atoms with E-state index in [0.29, 0.717) is 48.2 Å². The molecule has 132 valence electrons. The van der Waals surface area contributed by atoms with Crippen LogP contribution in [0, 0.1) is 6.92 Å². The van der Waals surface area contributed by atoms with Crippen LogP contribution in [0.3, 0.4) is 0 Å². The Kier molecular flexibility index (Phi) is 5.28. The van der Waals surface area contributed by atoms with Gasteiger partial charge < -0.3 is 19.4 Å². The Bertz CT molecular complexity index is 813. The van der Waals surface area contributed by atoms with Crippen molar-refractivity contribution in [2.45, 2.75) is 25.9 Å². The van der Waals surface area contributed by atoms with Crippen LogP contribution in [-0.2, 0) is 0 Å². The number of benzene rings is 1. The summed E-state index contributed by atoms with van der Waals surface area (Å²) in [5.41, 5.74) is 0.246. The maximum Gasteiger partial charge on any atom is 0.339 e. The Morgan fingerprint density at radius 2 is 2.04 bits per heavy atom. The number of urea groups is 1. The van der Waals surface area contributed by atoms with Gasteiger partial charge in [-0.15, -0.1) is 0 Å². The van der Waals surface area contributed by atoms with Gasteiger partial charge in [0.05, 0.1) is 6.07 Å². The number of piperidine rings is 1. The number of nitrogens with zero attached hydrogens (tertiary/aromatic N) is 1. The highest BCUT2D eigenvalue weighted by atomic mass is 35.5. The van der Waals surface area contributed by atoms with E-state index in [1.165, 1.54) is 6.07 Å². The van der Waals surface area contributed by atoms with Gasteiger partial charge in [0.2, 0.25) is 0 Å².